The van der Waals surface area contributed by atoms with Crippen molar-refractivity contribution in [1.29, 1.82) is 0 Å². The van der Waals surface area contributed by atoms with Crippen molar-refractivity contribution in [3.63, 3.8) is 0 Å². The Morgan fingerprint density at radius 1 is 0.346 bits per heavy atom. The van der Waals surface area contributed by atoms with Crippen LogP contribution in [0.25, 0.3) is 45.1 Å². The van der Waals surface area contributed by atoms with Gasteiger partial charge in [-0.1, -0.05) is 72.8 Å². The number of benzene rings is 7. The van der Waals surface area contributed by atoms with Crippen molar-refractivity contribution in [1.82, 2.24) is 9.97 Å². The second-order valence-corrected chi connectivity index (χ2v) is 12.6. The summed E-state index contributed by atoms with van der Waals surface area (Å²) in [4.78, 5) is 14.5. The predicted octanol–water partition coefficient (Wildman–Crippen LogP) is 12.5. The second-order valence-electron chi connectivity index (χ2n) is 12.6. The lowest BCUT2D eigenvalue weighted by Crippen LogP contribution is -2.19. The molecule has 0 spiro atoms. The summed E-state index contributed by atoms with van der Waals surface area (Å²) in [6.07, 6.45) is 0. The molecule has 7 aromatic carbocycles. The number of hydrogen-bond donors (Lipinski definition) is 0. The molecule has 0 fully saturated rings. The van der Waals surface area contributed by atoms with E-state index in [9.17, 15) is 0 Å². The van der Waals surface area contributed by atoms with Crippen molar-refractivity contribution >= 4 is 56.3 Å². The minimum absolute atomic E-state index is 0.470. The summed E-state index contributed by atoms with van der Waals surface area (Å²) in [6, 6.07) is 52.0. The molecule has 52 heavy (non-hydrogen) atoms. The molecule has 0 saturated heterocycles. The van der Waals surface area contributed by atoms with E-state index in [1.165, 1.54) is 0 Å². The van der Waals surface area contributed by atoms with Crippen LogP contribution in [0.2, 0.25) is 0 Å². The summed E-state index contributed by atoms with van der Waals surface area (Å²) in [6.45, 7) is 0. The topological polar surface area (TPSA) is 77.0 Å². The molecule has 0 aliphatic carbocycles. The van der Waals surface area contributed by atoms with E-state index in [1.807, 2.05) is 121 Å². The van der Waals surface area contributed by atoms with Crippen LogP contribution in [0.5, 0.6) is 23.0 Å². The quantitative estimate of drug-likeness (QED) is 0.183. The van der Waals surface area contributed by atoms with Crippen LogP contribution in [0.1, 0.15) is 0 Å². The number of fused-ring (bicyclic) bond motifs is 6. The summed E-state index contributed by atoms with van der Waals surface area (Å²) in [5.74, 6) is 3.86. The fourth-order valence-corrected chi connectivity index (χ4v) is 7.19. The Hall–Kier alpha value is -7.32. The van der Waals surface area contributed by atoms with Gasteiger partial charge in [-0.15, -0.1) is 0 Å². The maximum atomic E-state index is 6.59. The maximum absolute atomic E-state index is 6.59. The molecule has 0 radical (unpaired) electrons. The van der Waals surface area contributed by atoms with Gasteiger partial charge in [0.05, 0.1) is 45.3 Å². The zero-order chi connectivity index (χ0) is 34.2. The first-order chi connectivity index (χ1) is 25.8. The minimum atomic E-state index is 0.470. The van der Waals surface area contributed by atoms with Gasteiger partial charge in [-0.05, 0) is 84.9 Å². The van der Waals surface area contributed by atoms with Gasteiger partial charge in [0.25, 0.3) is 0 Å². The van der Waals surface area contributed by atoms with Crippen LogP contribution in [-0.2, 0) is 0 Å². The molecule has 0 atom stereocenters. The molecule has 246 valence electrons. The Bertz CT molecular complexity index is 2510. The molecule has 0 N–H and O–H groups in total. The summed E-state index contributed by atoms with van der Waals surface area (Å²) in [7, 11) is 0. The number of para-hydroxylation sites is 12. The summed E-state index contributed by atoms with van der Waals surface area (Å²) in [5.41, 5.74) is 9.54. The fourth-order valence-electron chi connectivity index (χ4n) is 7.19. The van der Waals surface area contributed by atoms with Crippen LogP contribution in [0, 0.1) is 0 Å². The number of aromatic nitrogens is 2. The zero-order valence-corrected chi connectivity index (χ0v) is 27.4. The Morgan fingerprint density at radius 2 is 0.673 bits per heavy atom. The molecule has 2 aliphatic heterocycles. The standard InChI is InChI=1S/C44H26N4O4/c1-7-19-37-29(13-1)45-43(51-37)27-25-36(48-33-17-5-11-23-41(33)50-42-24-12-6-18-34(42)48)28(44-46-30-14-2-8-20-38(30)52-44)26-35(27)47-31-15-3-9-21-39(31)49-40-22-10-4-16-32(40)47/h1-26H. The molecule has 11 rings (SSSR count). The highest BCUT2D eigenvalue weighted by Gasteiger charge is 2.34. The highest BCUT2D eigenvalue weighted by Crippen LogP contribution is 2.57. The highest BCUT2D eigenvalue weighted by molar-refractivity contribution is 6.00. The summed E-state index contributed by atoms with van der Waals surface area (Å²) in [5, 5.41) is 0. The van der Waals surface area contributed by atoms with E-state index in [0.717, 1.165) is 79.3 Å². The number of hydrogen-bond acceptors (Lipinski definition) is 8. The second kappa shape index (κ2) is 11.1. The minimum Gasteiger partial charge on any atom is -0.453 e. The smallest absolute Gasteiger partial charge is 0.229 e. The molecule has 9 aromatic rings. The Labute approximate surface area is 297 Å². The van der Waals surface area contributed by atoms with E-state index in [2.05, 4.69) is 46.2 Å². The van der Waals surface area contributed by atoms with Crippen molar-refractivity contribution in [3.8, 4) is 45.9 Å². The molecular weight excluding hydrogens is 649 g/mol. The van der Waals surface area contributed by atoms with E-state index in [-0.39, 0.29) is 0 Å². The largest absolute Gasteiger partial charge is 0.453 e. The zero-order valence-electron chi connectivity index (χ0n) is 27.4. The normalized spacial score (nSPS) is 12.8. The van der Waals surface area contributed by atoms with E-state index in [1.54, 1.807) is 0 Å². The number of ether oxygens (including phenoxy) is 2. The lowest BCUT2D eigenvalue weighted by molar-refractivity contribution is 0.476. The predicted molar refractivity (Wildman–Crippen MR) is 202 cm³/mol. The Kier molecular flexibility index (Phi) is 6.08. The van der Waals surface area contributed by atoms with Gasteiger partial charge in [-0.2, -0.15) is 0 Å². The summed E-state index contributed by atoms with van der Waals surface area (Å²) < 4.78 is 26.1. The Morgan fingerprint density at radius 3 is 1.04 bits per heavy atom. The van der Waals surface area contributed by atoms with Crippen LogP contribution in [0.4, 0.5) is 34.1 Å². The van der Waals surface area contributed by atoms with Gasteiger partial charge in [-0.25, -0.2) is 9.97 Å². The molecule has 8 nitrogen and oxygen atoms in total. The van der Waals surface area contributed by atoms with E-state index in [0.29, 0.717) is 22.9 Å². The monoisotopic (exact) mass is 674 g/mol. The van der Waals surface area contributed by atoms with Gasteiger partial charge in [0, 0.05) is 0 Å². The molecule has 2 aliphatic rings. The molecule has 0 bridgehead atoms. The lowest BCUT2D eigenvalue weighted by Gasteiger charge is -2.36. The van der Waals surface area contributed by atoms with E-state index >= 15 is 0 Å². The van der Waals surface area contributed by atoms with E-state index in [4.69, 9.17) is 28.3 Å². The average molecular weight is 675 g/mol. The number of nitrogens with zero attached hydrogens (tertiary/aromatic N) is 4. The number of anilines is 6. The van der Waals surface area contributed by atoms with Gasteiger partial charge >= 0.3 is 0 Å². The molecule has 0 saturated carbocycles. The molecule has 0 amide bonds. The van der Waals surface area contributed by atoms with Gasteiger partial charge in [0.2, 0.25) is 11.8 Å². The van der Waals surface area contributed by atoms with E-state index < -0.39 is 0 Å². The summed E-state index contributed by atoms with van der Waals surface area (Å²) >= 11 is 0. The molecule has 0 unspecified atom stereocenters. The van der Waals surface area contributed by atoms with Crippen molar-refractivity contribution in [3.05, 3.63) is 158 Å². The van der Waals surface area contributed by atoms with Crippen LogP contribution in [0.3, 0.4) is 0 Å². The lowest BCUT2D eigenvalue weighted by atomic mass is 10.00. The van der Waals surface area contributed by atoms with Crippen LogP contribution in [0.15, 0.2) is 167 Å². The van der Waals surface area contributed by atoms with Crippen LogP contribution >= 0.6 is 0 Å². The van der Waals surface area contributed by atoms with Gasteiger partial charge in [0.1, 0.15) is 11.0 Å². The average Bonchev–Trinajstić information content (AvgIpc) is 3.84. The Balaban J connectivity index is 1.27. The van der Waals surface area contributed by atoms with Crippen molar-refractivity contribution < 1.29 is 18.3 Å². The highest BCUT2D eigenvalue weighted by atomic mass is 16.5. The fraction of sp³-hybridized carbons (Fsp3) is 0. The third kappa shape index (κ3) is 4.34. The van der Waals surface area contributed by atoms with Gasteiger partial charge in [0.15, 0.2) is 34.2 Å². The van der Waals surface area contributed by atoms with Crippen molar-refractivity contribution in [2.45, 2.75) is 0 Å². The van der Waals surface area contributed by atoms with Crippen LogP contribution < -0.4 is 19.3 Å². The number of rotatable bonds is 4. The molecule has 4 heterocycles. The molecule has 2 aromatic heterocycles. The van der Waals surface area contributed by atoms with Gasteiger partial charge in [-0.3, -0.25) is 0 Å². The van der Waals surface area contributed by atoms with Crippen molar-refractivity contribution in [2.24, 2.45) is 0 Å². The molecular formula is C44H26N4O4. The first-order valence-corrected chi connectivity index (χ1v) is 17.0. The first-order valence-electron chi connectivity index (χ1n) is 17.0. The van der Waals surface area contributed by atoms with Gasteiger partial charge < -0.3 is 28.1 Å². The number of oxazole rings is 2. The van der Waals surface area contributed by atoms with Crippen LogP contribution in [-0.4, -0.2) is 9.97 Å². The third-order valence-corrected chi connectivity index (χ3v) is 9.51. The maximum Gasteiger partial charge on any atom is 0.229 e. The molecule has 8 heteroatoms. The SMILES string of the molecule is c1ccc2c(c1)Oc1ccccc1N2c1cc(-c2nc3ccccc3o2)c(N2c3ccccc3Oc3ccccc32)cc1-c1nc2ccccc2o1. The first kappa shape index (κ1) is 28.5. The third-order valence-electron chi connectivity index (χ3n) is 9.51. The van der Waals surface area contributed by atoms with Crippen molar-refractivity contribution in [2.75, 3.05) is 9.80 Å².